The SMILES string of the molecule is COc1ccc(CNCc2nccn2C)cc1C. The van der Waals surface area contributed by atoms with E-state index >= 15 is 0 Å². The fraction of sp³-hybridized carbons (Fsp3) is 0.357. The second kappa shape index (κ2) is 5.69. The highest BCUT2D eigenvalue weighted by molar-refractivity contribution is 5.36. The fourth-order valence-corrected chi connectivity index (χ4v) is 1.94. The molecule has 0 saturated carbocycles. The van der Waals surface area contributed by atoms with Gasteiger partial charge in [0.25, 0.3) is 0 Å². The van der Waals surface area contributed by atoms with Crippen molar-refractivity contribution in [2.75, 3.05) is 7.11 Å². The normalized spacial score (nSPS) is 10.6. The molecule has 18 heavy (non-hydrogen) atoms. The predicted octanol–water partition coefficient (Wildman–Crippen LogP) is 2.03. The van der Waals surface area contributed by atoms with Gasteiger partial charge in [-0.25, -0.2) is 4.98 Å². The molecule has 96 valence electrons. The fourth-order valence-electron chi connectivity index (χ4n) is 1.94. The van der Waals surface area contributed by atoms with E-state index in [1.807, 2.05) is 30.1 Å². The number of hydrogen-bond acceptors (Lipinski definition) is 3. The van der Waals surface area contributed by atoms with E-state index in [9.17, 15) is 0 Å². The van der Waals surface area contributed by atoms with Gasteiger partial charge in [-0.3, -0.25) is 0 Å². The molecule has 1 aromatic heterocycles. The van der Waals surface area contributed by atoms with E-state index in [-0.39, 0.29) is 0 Å². The minimum Gasteiger partial charge on any atom is -0.496 e. The Kier molecular flexibility index (Phi) is 3.99. The molecular formula is C14H19N3O. The van der Waals surface area contributed by atoms with Gasteiger partial charge in [0.05, 0.1) is 13.7 Å². The van der Waals surface area contributed by atoms with Gasteiger partial charge in [0.15, 0.2) is 0 Å². The lowest BCUT2D eigenvalue weighted by atomic mass is 10.1. The molecular weight excluding hydrogens is 226 g/mol. The van der Waals surface area contributed by atoms with E-state index in [2.05, 4.69) is 29.4 Å². The van der Waals surface area contributed by atoms with Crippen LogP contribution in [0.5, 0.6) is 5.75 Å². The molecule has 2 rings (SSSR count). The Bertz CT molecular complexity index is 520. The van der Waals surface area contributed by atoms with E-state index in [1.165, 1.54) is 5.56 Å². The van der Waals surface area contributed by atoms with Gasteiger partial charge >= 0.3 is 0 Å². The van der Waals surface area contributed by atoms with Crippen LogP contribution in [-0.2, 0) is 20.1 Å². The van der Waals surface area contributed by atoms with Crippen LogP contribution in [0.4, 0.5) is 0 Å². The van der Waals surface area contributed by atoms with E-state index in [1.54, 1.807) is 7.11 Å². The number of nitrogens with zero attached hydrogens (tertiary/aromatic N) is 2. The number of nitrogens with one attached hydrogen (secondary N) is 1. The van der Waals surface area contributed by atoms with Crippen LogP contribution in [0.15, 0.2) is 30.6 Å². The summed E-state index contributed by atoms with van der Waals surface area (Å²) in [5, 5.41) is 3.39. The van der Waals surface area contributed by atoms with Crippen molar-refractivity contribution >= 4 is 0 Å². The van der Waals surface area contributed by atoms with Gasteiger partial charge in [0.2, 0.25) is 0 Å². The van der Waals surface area contributed by atoms with Crippen molar-refractivity contribution in [1.82, 2.24) is 14.9 Å². The molecule has 0 bridgehead atoms. The lowest BCUT2D eigenvalue weighted by Gasteiger charge is -2.08. The third-order valence-corrected chi connectivity index (χ3v) is 2.99. The summed E-state index contributed by atoms with van der Waals surface area (Å²) >= 11 is 0. The number of benzene rings is 1. The summed E-state index contributed by atoms with van der Waals surface area (Å²) in [4.78, 5) is 4.27. The minimum atomic E-state index is 0.772. The second-order valence-corrected chi connectivity index (χ2v) is 4.36. The molecule has 0 spiro atoms. The first kappa shape index (κ1) is 12.6. The summed E-state index contributed by atoms with van der Waals surface area (Å²) < 4.78 is 7.27. The van der Waals surface area contributed by atoms with E-state index in [0.29, 0.717) is 0 Å². The van der Waals surface area contributed by atoms with Crippen molar-refractivity contribution in [1.29, 1.82) is 0 Å². The summed E-state index contributed by atoms with van der Waals surface area (Å²) in [6.07, 6.45) is 3.77. The van der Waals surface area contributed by atoms with Crippen LogP contribution >= 0.6 is 0 Å². The molecule has 4 nitrogen and oxygen atoms in total. The van der Waals surface area contributed by atoms with Gasteiger partial charge in [0, 0.05) is 26.0 Å². The van der Waals surface area contributed by atoms with Gasteiger partial charge in [-0.2, -0.15) is 0 Å². The Hall–Kier alpha value is -1.81. The van der Waals surface area contributed by atoms with Crippen molar-refractivity contribution in [3.63, 3.8) is 0 Å². The third kappa shape index (κ3) is 2.90. The zero-order valence-corrected chi connectivity index (χ0v) is 11.1. The first-order chi connectivity index (χ1) is 8.70. The van der Waals surface area contributed by atoms with Crippen LogP contribution < -0.4 is 10.1 Å². The summed E-state index contributed by atoms with van der Waals surface area (Å²) in [7, 11) is 3.70. The maximum Gasteiger partial charge on any atom is 0.122 e. The van der Waals surface area contributed by atoms with Gasteiger partial charge < -0.3 is 14.6 Å². The van der Waals surface area contributed by atoms with E-state index in [0.717, 1.165) is 30.2 Å². The molecule has 4 heteroatoms. The molecule has 0 unspecified atom stereocenters. The van der Waals surface area contributed by atoms with Crippen LogP contribution in [0, 0.1) is 6.92 Å². The molecule has 0 saturated heterocycles. The number of rotatable bonds is 5. The topological polar surface area (TPSA) is 39.1 Å². The first-order valence-electron chi connectivity index (χ1n) is 6.01. The van der Waals surface area contributed by atoms with Crippen molar-refractivity contribution < 1.29 is 4.74 Å². The second-order valence-electron chi connectivity index (χ2n) is 4.36. The number of methoxy groups -OCH3 is 1. The van der Waals surface area contributed by atoms with Crippen LogP contribution in [-0.4, -0.2) is 16.7 Å². The van der Waals surface area contributed by atoms with Gasteiger partial charge in [-0.05, 0) is 24.1 Å². The molecule has 0 radical (unpaired) electrons. The highest BCUT2D eigenvalue weighted by Crippen LogP contribution is 2.18. The number of aryl methyl sites for hydroxylation is 2. The van der Waals surface area contributed by atoms with Gasteiger partial charge in [-0.1, -0.05) is 12.1 Å². The average Bonchev–Trinajstić information content (AvgIpc) is 2.75. The summed E-state index contributed by atoms with van der Waals surface area (Å²) in [5.74, 6) is 1.98. The Morgan fingerprint density at radius 2 is 2.17 bits per heavy atom. The maximum atomic E-state index is 5.25. The van der Waals surface area contributed by atoms with Crippen molar-refractivity contribution in [2.24, 2.45) is 7.05 Å². The van der Waals surface area contributed by atoms with E-state index < -0.39 is 0 Å². The van der Waals surface area contributed by atoms with Crippen molar-refractivity contribution in [3.8, 4) is 5.75 Å². The predicted molar refractivity (Wildman–Crippen MR) is 71.5 cm³/mol. The molecule has 2 aromatic rings. The monoisotopic (exact) mass is 245 g/mol. The maximum absolute atomic E-state index is 5.25. The molecule has 1 aromatic carbocycles. The van der Waals surface area contributed by atoms with Crippen LogP contribution in [0.25, 0.3) is 0 Å². The molecule has 0 aliphatic carbocycles. The number of aromatic nitrogens is 2. The minimum absolute atomic E-state index is 0.772. The zero-order valence-electron chi connectivity index (χ0n) is 11.1. The Balaban J connectivity index is 1.91. The molecule has 1 heterocycles. The van der Waals surface area contributed by atoms with Crippen LogP contribution in [0.3, 0.4) is 0 Å². The summed E-state index contributed by atoms with van der Waals surface area (Å²) in [6, 6.07) is 6.23. The number of hydrogen-bond donors (Lipinski definition) is 1. The molecule has 1 N–H and O–H groups in total. The van der Waals surface area contributed by atoms with Crippen LogP contribution in [0.1, 0.15) is 17.0 Å². The Labute approximate surface area is 108 Å². The number of ether oxygens (including phenoxy) is 1. The molecule has 0 amide bonds. The molecule has 0 aliphatic rings. The summed E-state index contributed by atoms with van der Waals surface area (Å²) in [6.45, 7) is 3.66. The lowest BCUT2D eigenvalue weighted by molar-refractivity contribution is 0.411. The Morgan fingerprint density at radius 1 is 1.33 bits per heavy atom. The third-order valence-electron chi connectivity index (χ3n) is 2.99. The van der Waals surface area contributed by atoms with Gasteiger partial charge in [-0.15, -0.1) is 0 Å². The molecule has 0 aliphatic heterocycles. The smallest absolute Gasteiger partial charge is 0.122 e. The van der Waals surface area contributed by atoms with Crippen LogP contribution in [0.2, 0.25) is 0 Å². The van der Waals surface area contributed by atoms with Gasteiger partial charge in [0.1, 0.15) is 11.6 Å². The highest BCUT2D eigenvalue weighted by atomic mass is 16.5. The zero-order chi connectivity index (χ0) is 13.0. The highest BCUT2D eigenvalue weighted by Gasteiger charge is 2.01. The van der Waals surface area contributed by atoms with E-state index in [4.69, 9.17) is 4.74 Å². The average molecular weight is 245 g/mol. The largest absolute Gasteiger partial charge is 0.496 e. The lowest BCUT2D eigenvalue weighted by Crippen LogP contribution is -2.15. The van der Waals surface area contributed by atoms with Crippen molar-refractivity contribution in [2.45, 2.75) is 20.0 Å². The molecule has 0 atom stereocenters. The summed E-state index contributed by atoms with van der Waals surface area (Å²) in [5.41, 5.74) is 2.41. The first-order valence-corrected chi connectivity index (χ1v) is 6.01. The number of imidazole rings is 1. The van der Waals surface area contributed by atoms with Crippen molar-refractivity contribution in [3.05, 3.63) is 47.5 Å². The Morgan fingerprint density at radius 3 is 2.78 bits per heavy atom. The standard InChI is InChI=1S/C14H19N3O/c1-11-8-12(4-5-13(11)18-3)9-15-10-14-16-6-7-17(14)2/h4-8,15H,9-10H2,1-3H3. The quantitative estimate of drug-likeness (QED) is 0.876. The molecule has 0 fully saturated rings.